The number of nitrogens with zero attached hydrogens (tertiary/aromatic N) is 2. The molecule has 4 nitrogen and oxygen atoms in total. The molecule has 0 aliphatic heterocycles. The van der Waals surface area contributed by atoms with Gasteiger partial charge in [-0.05, 0) is 24.5 Å². The zero-order chi connectivity index (χ0) is 16.3. The summed E-state index contributed by atoms with van der Waals surface area (Å²) in [6.45, 7) is 0. The number of benzene rings is 1. The van der Waals surface area contributed by atoms with Gasteiger partial charge in [0.25, 0.3) is 0 Å². The number of hydrogen-bond acceptors (Lipinski definition) is 5. The Morgan fingerprint density at radius 3 is 2.64 bits per heavy atom. The van der Waals surface area contributed by atoms with Gasteiger partial charge in [0.15, 0.2) is 11.4 Å². The lowest BCUT2D eigenvalue weighted by Gasteiger charge is -2.12. The minimum Gasteiger partial charge on any atom is -0.339 e. The monoisotopic (exact) mass is 347 g/mol. The first kappa shape index (κ1) is 16.6. The Balaban J connectivity index is 2.42. The maximum absolute atomic E-state index is 12.7. The number of rotatable bonds is 4. The number of carbonyl (C=O) groups is 1. The lowest BCUT2D eigenvalue weighted by Crippen LogP contribution is -2.06. The van der Waals surface area contributed by atoms with E-state index >= 15 is 0 Å². The van der Waals surface area contributed by atoms with Crippen molar-refractivity contribution in [3.8, 4) is 0 Å². The van der Waals surface area contributed by atoms with Crippen LogP contribution in [0.1, 0.15) is 15.9 Å². The van der Waals surface area contributed by atoms with E-state index in [-0.39, 0.29) is 22.2 Å². The largest absolute Gasteiger partial charge is 0.416 e. The summed E-state index contributed by atoms with van der Waals surface area (Å²) < 4.78 is 38.1. The van der Waals surface area contributed by atoms with Crippen LogP contribution in [0.25, 0.3) is 0 Å². The molecule has 0 amide bonds. The zero-order valence-corrected chi connectivity index (χ0v) is 12.7. The minimum absolute atomic E-state index is 0.0168. The van der Waals surface area contributed by atoms with Gasteiger partial charge in [-0.15, -0.1) is 0 Å². The average molecular weight is 348 g/mol. The Kier molecular flexibility index (Phi) is 4.92. The van der Waals surface area contributed by atoms with E-state index in [4.69, 9.17) is 11.6 Å². The van der Waals surface area contributed by atoms with Crippen LogP contribution in [0.15, 0.2) is 29.4 Å². The summed E-state index contributed by atoms with van der Waals surface area (Å²) in [6, 6.07) is 4.55. The van der Waals surface area contributed by atoms with Crippen molar-refractivity contribution in [1.29, 1.82) is 0 Å². The van der Waals surface area contributed by atoms with E-state index in [1.165, 1.54) is 23.9 Å². The van der Waals surface area contributed by atoms with Crippen molar-refractivity contribution in [3.05, 3.63) is 40.5 Å². The fourth-order valence-corrected chi connectivity index (χ4v) is 2.25. The van der Waals surface area contributed by atoms with Gasteiger partial charge >= 0.3 is 6.18 Å². The molecule has 0 spiro atoms. The molecule has 0 radical (unpaired) electrons. The van der Waals surface area contributed by atoms with Gasteiger partial charge < -0.3 is 5.32 Å². The first-order valence-electron chi connectivity index (χ1n) is 5.86. The van der Waals surface area contributed by atoms with Crippen molar-refractivity contribution in [2.75, 3.05) is 11.6 Å². The topological polar surface area (TPSA) is 54.9 Å². The highest BCUT2D eigenvalue weighted by Crippen LogP contribution is 2.32. The molecular weight excluding hydrogens is 339 g/mol. The summed E-state index contributed by atoms with van der Waals surface area (Å²) in [5, 5.41) is 2.90. The molecule has 1 aromatic heterocycles. The van der Waals surface area contributed by atoms with Gasteiger partial charge in [0, 0.05) is 5.69 Å². The smallest absolute Gasteiger partial charge is 0.339 e. The predicted molar refractivity (Wildman–Crippen MR) is 78.9 cm³/mol. The molecule has 116 valence electrons. The second kappa shape index (κ2) is 6.53. The van der Waals surface area contributed by atoms with Gasteiger partial charge in [0.05, 0.1) is 11.1 Å². The van der Waals surface area contributed by atoms with E-state index in [1.54, 1.807) is 6.26 Å². The van der Waals surface area contributed by atoms with Crippen LogP contribution < -0.4 is 5.32 Å². The zero-order valence-electron chi connectivity index (χ0n) is 11.1. The van der Waals surface area contributed by atoms with E-state index in [1.807, 2.05) is 0 Å². The summed E-state index contributed by atoms with van der Waals surface area (Å²) in [5.74, 6) is 0.0543. The van der Waals surface area contributed by atoms with E-state index in [0.29, 0.717) is 11.4 Å². The lowest BCUT2D eigenvalue weighted by atomic mass is 10.2. The molecule has 0 bridgehead atoms. The molecule has 0 fully saturated rings. The highest BCUT2D eigenvalue weighted by atomic mass is 35.5. The fourth-order valence-electron chi connectivity index (χ4n) is 1.62. The van der Waals surface area contributed by atoms with Crippen molar-refractivity contribution < 1.29 is 18.0 Å². The number of hydrogen-bond donors (Lipinski definition) is 1. The number of thioether (sulfide) groups is 1. The van der Waals surface area contributed by atoms with Crippen molar-refractivity contribution in [3.63, 3.8) is 0 Å². The van der Waals surface area contributed by atoms with E-state index in [0.717, 1.165) is 12.1 Å². The molecule has 0 unspecified atom stereocenters. The first-order valence-corrected chi connectivity index (χ1v) is 7.46. The molecule has 9 heteroatoms. The van der Waals surface area contributed by atoms with Crippen LogP contribution in [0.4, 0.5) is 24.7 Å². The van der Waals surface area contributed by atoms with Crippen LogP contribution in [-0.2, 0) is 6.18 Å². The highest BCUT2D eigenvalue weighted by molar-refractivity contribution is 7.98. The Labute approximate surface area is 133 Å². The first-order chi connectivity index (χ1) is 10.3. The van der Waals surface area contributed by atoms with Gasteiger partial charge in [-0.1, -0.05) is 29.4 Å². The van der Waals surface area contributed by atoms with Crippen molar-refractivity contribution in [2.24, 2.45) is 0 Å². The average Bonchev–Trinajstić information content (AvgIpc) is 2.46. The van der Waals surface area contributed by atoms with Crippen molar-refractivity contribution in [2.45, 2.75) is 11.3 Å². The van der Waals surface area contributed by atoms with Gasteiger partial charge in [-0.25, -0.2) is 9.97 Å². The summed E-state index contributed by atoms with van der Waals surface area (Å²) >= 11 is 7.06. The minimum atomic E-state index is -4.46. The molecular formula is C13H9ClF3N3OS. The predicted octanol–water partition coefficient (Wildman–Crippen LogP) is 4.43. The second-order valence-electron chi connectivity index (χ2n) is 4.08. The van der Waals surface area contributed by atoms with Gasteiger partial charge in [-0.3, -0.25) is 4.79 Å². The number of anilines is 2. The molecule has 0 saturated heterocycles. The van der Waals surface area contributed by atoms with Gasteiger partial charge in [-0.2, -0.15) is 13.2 Å². The molecule has 0 aliphatic carbocycles. The molecule has 0 saturated carbocycles. The van der Waals surface area contributed by atoms with E-state index in [2.05, 4.69) is 15.3 Å². The Bertz CT molecular complexity index is 709. The summed E-state index contributed by atoms with van der Waals surface area (Å²) in [4.78, 5) is 19.0. The fraction of sp³-hybridized carbons (Fsp3) is 0.154. The molecule has 1 aromatic carbocycles. The Morgan fingerprint density at radius 1 is 1.32 bits per heavy atom. The maximum atomic E-state index is 12.7. The van der Waals surface area contributed by atoms with Crippen LogP contribution in [0.2, 0.25) is 5.15 Å². The maximum Gasteiger partial charge on any atom is 0.416 e. The molecule has 1 N–H and O–H groups in total. The molecule has 2 aromatic rings. The number of aldehydes is 1. The quantitative estimate of drug-likeness (QED) is 0.384. The Hall–Kier alpha value is -1.80. The number of alkyl halides is 3. The Morgan fingerprint density at radius 2 is 2.05 bits per heavy atom. The molecule has 0 atom stereocenters. The molecule has 2 rings (SSSR count). The third-order valence-corrected chi connectivity index (χ3v) is 3.47. The van der Waals surface area contributed by atoms with Crippen LogP contribution in [0.5, 0.6) is 0 Å². The summed E-state index contributed by atoms with van der Waals surface area (Å²) in [6.07, 6.45) is -2.30. The number of carbonyl (C=O) groups excluding carboxylic acids is 1. The van der Waals surface area contributed by atoms with Gasteiger partial charge in [0.2, 0.25) is 0 Å². The highest BCUT2D eigenvalue weighted by Gasteiger charge is 2.30. The molecule has 0 aliphatic rings. The van der Waals surface area contributed by atoms with E-state index < -0.39 is 11.7 Å². The van der Waals surface area contributed by atoms with Crippen LogP contribution >= 0.6 is 23.4 Å². The molecule has 1 heterocycles. The lowest BCUT2D eigenvalue weighted by molar-refractivity contribution is -0.137. The van der Waals surface area contributed by atoms with Crippen molar-refractivity contribution >= 4 is 41.2 Å². The number of aromatic nitrogens is 2. The SMILES string of the molecule is CSc1nc(Cl)c(C=O)c(Nc2cccc(C(F)(F)F)c2)n1. The van der Waals surface area contributed by atoms with Crippen LogP contribution in [0.3, 0.4) is 0 Å². The van der Waals surface area contributed by atoms with Crippen LogP contribution in [-0.4, -0.2) is 22.5 Å². The molecule has 22 heavy (non-hydrogen) atoms. The number of nitrogens with one attached hydrogen (secondary N) is 1. The third kappa shape index (κ3) is 3.69. The van der Waals surface area contributed by atoms with Crippen molar-refractivity contribution in [1.82, 2.24) is 9.97 Å². The standard InChI is InChI=1S/C13H9ClF3N3OS/c1-22-12-19-10(14)9(6-21)11(20-12)18-8-4-2-3-7(5-8)13(15,16)17/h2-6H,1H3,(H,18,19,20). The van der Waals surface area contributed by atoms with Crippen LogP contribution in [0, 0.1) is 0 Å². The van der Waals surface area contributed by atoms with Gasteiger partial charge in [0.1, 0.15) is 11.0 Å². The number of halogens is 4. The summed E-state index contributed by atoms with van der Waals surface area (Å²) in [7, 11) is 0. The van der Waals surface area contributed by atoms with E-state index in [9.17, 15) is 18.0 Å². The summed E-state index contributed by atoms with van der Waals surface area (Å²) in [5.41, 5.74) is -0.688. The second-order valence-corrected chi connectivity index (χ2v) is 5.22. The normalized spacial score (nSPS) is 11.3. The third-order valence-electron chi connectivity index (χ3n) is 2.63.